The quantitative estimate of drug-likeness (QED) is 0.870. The first-order valence-electron chi connectivity index (χ1n) is 5.32. The first kappa shape index (κ1) is 13.7. The number of thiophene rings is 1. The standard InChI is InChI=1S/C12H17NO3S/c1-7-5-6-8(17-7)10(14)13-9(11(15)16)12(2,3)4/h5-6,9H,1-4H3,(H,13,14)(H,15,16)/t9-/m1/s1. The van der Waals surface area contributed by atoms with Gasteiger partial charge in [-0.3, -0.25) is 4.79 Å². The monoisotopic (exact) mass is 255 g/mol. The molecule has 1 heterocycles. The number of aryl methyl sites for hydroxylation is 1. The molecule has 0 saturated carbocycles. The van der Waals surface area contributed by atoms with Gasteiger partial charge in [-0.1, -0.05) is 20.8 Å². The molecule has 1 atom stereocenters. The molecule has 0 bridgehead atoms. The van der Waals surface area contributed by atoms with Crippen molar-refractivity contribution >= 4 is 23.2 Å². The van der Waals surface area contributed by atoms with Crippen molar-refractivity contribution in [1.82, 2.24) is 5.32 Å². The molecule has 0 aliphatic carbocycles. The van der Waals surface area contributed by atoms with Gasteiger partial charge in [0.1, 0.15) is 6.04 Å². The highest BCUT2D eigenvalue weighted by Gasteiger charge is 2.32. The predicted octanol–water partition coefficient (Wildman–Crippen LogP) is 2.29. The van der Waals surface area contributed by atoms with Gasteiger partial charge in [-0.15, -0.1) is 11.3 Å². The van der Waals surface area contributed by atoms with Crippen LogP contribution in [0.15, 0.2) is 12.1 Å². The summed E-state index contributed by atoms with van der Waals surface area (Å²) in [4.78, 5) is 24.5. The third-order valence-electron chi connectivity index (χ3n) is 2.35. The molecule has 2 N–H and O–H groups in total. The fourth-order valence-corrected chi connectivity index (χ4v) is 2.18. The minimum Gasteiger partial charge on any atom is -0.480 e. The number of carbonyl (C=O) groups excluding carboxylic acids is 1. The molecule has 4 nitrogen and oxygen atoms in total. The Hall–Kier alpha value is -1.36. The number of rotatable bonds is 3. The average Bonchev–Trinajstić information content (AvgIpc) is 2.58. The zero-order chi connectivity index (χ0) is 13.2. The summed E-state index contributed by atoms with van der Waals surface area (Å²) in [5.41, 5.74) is -0.520. The van der Waals surface area contributed by atoms with Crippen LogP contribution in [0.4, 0.5) is 0 Å². The molecule has 0 aliphatic rings. The fourth-order valence-electron chi connectivity index (χ4n) is 1.41. The van der Waals surface area contributed by atoms with Gasteiger partial charge in [0.2, 0.25) is 0 Å². The van der Waals surface area contributed by atoms with Crippen molar-refractivity contribution in [2.45, 2.75) is 33.7 Å². The second kappa shape index (κ2) is 4.87. The lowest BCUT2D eigenvalue weighted by molar-refractivity contribution is -0.142. The van der Waals surface area contributed by atoms with Crippen LogP contribution < -0.4 is 5.32 Å². The summed E-state index contributed by atoms with van der Waals surface area (Å²) < 4.78 is 0. The topological polar surface area (TPSA) is 66.4 Å². The molecule has 0 unspecified atom stereocenters. The van der Waals surface area contributed by atoms with Gasteiger partial charge in [0.25, 0.3) is 5.91 Å². The third kappa shape index (κ3) is 3.56. The molecule has 1 aromatic rings. The number of hydrogen-bond donors (Lipinski definition) is 2. The van der Waals surface area contributed by atoms with E-state index < -0.39 is 17.4 Å². The van der Waals surface area contributed by atoms with Crippen molar-refractivity contribution in [2.75, 3.05) is 0 Å². The summed E-state index contributed by atoms with van der Waals surface area (Å²) in [6, 6.07) is 2.65. The van der Waals surface area contributed by atoms with Crippen molar-refractivity contribution < 1.29 is 14.7 Å². The molecule has 0 radical (unpaired) electrons. The zero-order valence-electron chi connectivity index (χ0n) is 10.4. The van der Waals surface area contributed by atoms with E-state index in [2.05, 4.69) is 5.32 Å². The predicted molar refractivity (Wildman–Crippen MR) is 67.4 cm³/mol. The average molecular weight is 255 g/mol. The number of amides is 1. The Balaban J connectivity index is 2.82. The SMILES string of the molecule is Cc1ccc(C(=O)N[C@H](C(=O)O)C(C)(C)C)s1. The van der Waals surface area contributed by atoms with Crippen molar-refractivity contribution in [2.24, 2.45) is 5.41 Å². The Labute approximate surface area is 105 Å². The normalized spacial score (nSPS) is 13.2. The number of hydrogen-bond acceptors (Lipinski definition) is 3. The van der Waals surface area contributed by atoms with Crippen molar-refractivity contribution in [3.05, 3.63) is 21.9 Å². The Bertz CT molecular complexity index is 431. The molecule has 1 amide bonds. The van der Waals surface area contributed by atoms with E-state index in [0.29, 0.717) is 4.88 Å². The fraction of sp³-hybridized carbons (Fsp3) is 0.500. The van der Waals surface area contributed by atoms with E-state index in [0.717, 1.165) is 4.88 Å². The van der Waals surface area contributed by atoms with E-state index in [4.69, 9.17) is 5.11 Å². The lowest BCUT2D eigenvalue weighted by Gasteiger charge is -2.27. The van der Waals surface area contributed by atoms with Gasteiger partial charge < -0.3 is 10.4 Å². The molecule has 0 aliphatic heterocycles. The maximum atomic E-state index is 11.9. The Morgan fingerprint density at radius 3 is 2.29 bits per heavy atom. The van der Waals surface area contributed by atoms with Crippen LogP contribution in [0.1, 0.15) is 35.3 Å². The largest absolute Gasteiger partial charge is 0.480 e. The van der Waals surface area contributed by atoms with E-state index >= 15 is 0 Å². The summed E-state index contributed by atoms with van der Waals surface area (Å²) in [5.74, 6) is -1.34. The van der Waals surface area contributed by atoms with Crippen LogP contribution in [0.5, 0.6) is 0 Å². The summed E-state index contributed by atoms with van der Waals surface area (Å²) in [6.07, 6.45) is 0. The Morgan fingerprint density at radius 2 is 1.94 bits per heavy atom. The highest BCUT2D eigenvalue weighted by atomic mass is 32.1. The van der Waals surface area contributed by atoms with E-state index in [1.165, 1.54) is 11.3 Å². The number of carbonyl (C=O) groups is 2. The first-order valence-corrected chi connectivity index (χ1v) is 6.13. The van der Waals surface area contributed by atoms with Gasteiger partial charge in [0, 0.05) is 4.88 Å². The molecule has 0 aromatic carbocycles. The van der Waals surface area contributed by atoms with E-state index in [-0.39, 0.29) is 5.91 Å². The number of carboxylic acid groups (broad SMARTS) is 1. The molecular weight excluding hydrogens is 238 g/mol. The highest BCUT2D eigenvalue weighted by Crippen LogP contribution is 2.21. The molecule has 94 valence electrons. The second-order valence-electron chi connectivity index (χ2n) is 5.02. The Morgan fingerprint density at radius 1 is 1.35 bits per heavy atom. The first-order chi connectivity index (χ1) is 7.71. The smallest absolute Gasteiger partial charge is 0.326 e. The van der Waals surface area contributed by atoms with Crippen LogP contribution in [0.2, 0.25) is 0 Å². The summed E-state index contributed by atoms with van der Waals surface area (Å²) in [6.45, 7) is 7.25. The molecule has 0 fully saturated rings. The zero-order valence-corrected chi connectivity index (χ0v) is 11.2. The van der Waals surface area contributed by atoms with Gasteiger partial charge in [-0.05, 0) is 24.5 Å². The molecular formula is C12H17NO3S. The number of carboxylic acids is 1. The number of nitrogens with one attached hydrogen (secondary N) is 1. The lowest BCUT2D eigenvalue weighted by atomic mass is 9.87. The van der Waals surface area contributed by atoms with Gasteiger partial charge in [0.05, 0.1) is 4.88 Å². The number of aliphatic carboxylic acids is 1. The lowest BCUT2D eigenvalue weighted by Crippen LogP contribution is -2.48. The van der Waals surface area contributed by atoms with Crippen LogP contribution in [0.25, 0.3) is 0 Å². The van der Waals surface area contributed by atoms with Crippen LogP contribution in [0.3, 0.4) is 0 Å². The van der Waals surface area contributed by atoms with Crippen LogP contribution >= 0.6 is 11.3 Å². The van der Waals surface area contributed by atoms with Crippen molar-refractivity contribution in [1.29, 1.82) is 0 Å². The van der Waals surface area contributed by atoms with Gasteiger partial charge in [0.15, 0.2) is 0 Å². The van der Waals surface area contributed by atoms with Crippen LogP contribution in [-0.4, -0.2) is 23.0 Å². The van der Waals surface area contributed by atoms with Crippen molar-refractivity contribution in [3.8, 4) is 0 Å². The van der Waals surface area contributed by atoms with E-state index in [1.54, 1.807) is 26.8 Å². The molecule has 5 heteroatoms. The van der Waals surface area contributed by atoms with Gasteiger partial charge in [-0.25, -0.2) is 4.79 Å². The molecule has 0 spiro atoms. The minimum atomic E-state index is -1.01. The summed E-state index contributed by atoms with van der Waals surface area (Å²) >= 11 is 1.36. The van der Waals surface area contributed by atoms with Crippen LogP contribution in [-0.2, 0) is 4.79 Å². The molecule has 17 heavy (non-hydrogen) atoms. The van der Waals surface area contributed by atoms with E-state index in [1.807, 2.05) is 13.0 Å². The van der Waals surface area contributed by atoms with E-state index in [9.17, 15) is 9.59 Å². The maximum absolute atomic E-state index is 11.9. The Kier molecular flexibility index (Phi) is 3.93. The summed E-state index contributed by atoms with van der Waals surface area (Å²) in [7, 11) is 0. The van der Waals surface area contributed by atoms with Gasteiger partial charge in [-0.2, -0.15) is 0 Å². The highest BCUT2D eigenvalue weighted by molar-refractivity contribution is 7.13. The maximum Gasteiger partial charge on any atom is 0.326 e. The molecule has 1 aromatic heterocycles. The van der Waals surface area contributed by atoms with Crippen molar-refractivity contribution in [3.63, 3.8) is 0 Å². The van der Waals surface area contributed by atoms with Crippen LogP contribution in [0, 0.1) is 12.3 Å². The second-order valence-corrected chi connectivity index (χ2v) is 6.31. The third-order valence-corrected chi connectivity index (χ3v) is 3.35. The minimum absolute atomic E-state index is 0.328. The van der Waals surface area contributed by atoms with Gasteiger partial charge >= 0.3 is 5.97 Å². The molecule has 1 rings (SSSR count). The summed E-state index contributed by atoms with van der Waals surface area (Å²) in [5, 5.41) is 11.7. The molecule has 0 saturated heterocycles.